The number of anilines is 1. The van der Waals surface area contributed by atoms with E-state index in [2.05, 4.69) is 0 Å². The Morgan fingerprint density at radius 1 is 1.47 bits per heavy atom. The third-order valence-corrected chi connectivity index (χ3v) is 1.94. The monoisotopic (exact) mass is 212 g/mol. The van der Waals surface area contributed by atoms with E-state index >= 15 is 0 Å². The Morgan fingerprint density at radius 2 is 2.00 bits per heavy atom. The number of hydrogen-bond donors (Lipinski definition) is 0. The molecule has 80 valence electrons. The van der Waals surface area contributed by atoms with Crippen LogP contribution in [0.15, 0.2) is 24.3 Å². The van der Waals surface area contributed by atoms with E-state index in [4.69, 9.17) is 0 Å². The number of carbonyl (C=O) groups excluding carboxylic acids is 1. The Kier molecular flexibility index (Phi) is 3.33. The molecule has 15 heavy (non-hydrogen) atoms. The van der Waals surface area contributed by atoms with Gasteiger partial charge in [-0.2, -0.15) is 0 Å². The van der Waals surface area contributed by atoms with Crippen molar-refractivity contribution in [1.29, 1.82) is 0 Å². The number of benzene rings is 1. The van der Waals surface area contributed by atoms with Crippen molar-refractivity contribution in [3.05, 3.63) is 34.4 Å². The van der Waals surface area contributed by atoms with Gasteiger partial charge in [-0.15, -0.1) is 0 Å². The Balaban J connectivity index is 2.89. The third kappa shape index (κ3) is 2.49. The van der Waals surface area contributed by atoms with Gasteiger partial charge < -0.3 is 4.90 Å². The molecule has 5 nitrogen and oxygen atoms in total. The molecule has 1 aromatic carbocycles. The molecule has 0 bridgehead atoms. The fourth-order valence-corrected chi connectivity index (χ4v) is 1.03. The highest BCUT2D eigenvalue weighted by atomic mass is 19.1. The summed E-state index contributed by atoms with van der Waals surface area (Å²) in [4.78, 5) is 21.8. The lowest BCUT2D eigenvalue weighted by molar-refractivity contribution is -0.384. The van der Waals surface area contributed by atoms with Gasteiger partial charge in [0.15, 0.2) is 6.67 Å². The maximum absolute atomic E-state index is 12.0. The van der Waals surface area contributed by atoms with Crippen LogP contribution in [0.25, 0.3) is 0 Å². The highest BCUT2D eigenvalue weighted by Gasteiger charge is 2.11. The average molecular weight is 212 g/mol. The normalized spacial score (nSPS) is 9.73. The van der Waals surface area contributed by atoms with Crippen LogP contribution in [0.5, 0.6) is 0 Å². The van der Waals surface area contributed by atoms with E-state index in [1.165, 1.54) is 31.3 Å². The number of nitrogens with zero attached hydrogens (tertiary/aromatic N) is 2. The van der Waals surface area contributed by atoms with Crippen LogP contribution in [0.4, 0.5) is 15.8 Å². The standard InChI is InChI=1S/C9H9FN2O3/c1-11(9(13)6-10)7-2-4-8(5-3-7)12(14)15/h2-5H,6H2,1H3. The van der Waals surface area contributed by atoms with E-state index in [1.54, 1.807) is 0 Å². The molecule has 0 atom stereocenters. The molecule has 0 aliphatic rings. The van der Waals surface area contributed by atoms with Crippen molar-refractivity contribution in [2.75, 3.05) is 18.6 Å². The van der Waals surface area contributed by atoms with Crippen molar-refractivity contribution < 1.29 is 14.1 Å². The van der Waals surface area contributed by atoms with Crippen molar-refractivity contribution in [1.82, 2.24) is 0 Å². The van der Waals surface area contributed by atoms with Gasteiger partial charge in [-0.25, -0.2) is 4.39 Å². The van der Waals surface area contributed by atoms with Gasteiger partial charge in [0.2, 0.25) is 0 Å². The largest absolute Gasteiger partial charge is 0.313 e. The molecule has 0 heterocycles. The summed E-state index contributed by atoms with van der Waals surface area (Å²) in [5, 5.41) is 10.3. The van der Waals surface area contributed by atoms with Crippen LogP contribution < -0.4 is 4.90 Å². The van der Waals surface area contributed by atoms with Crippen LogP contribution in [0.1, 0.15) is 0 Å². The summed E-state index contributed by atoms with van der Waals surface area (Å²) in [7, 11) is 1.41. The van der Waals surface area contributed by atoms with Crippen LogP contribution in [-0.2, 0) is 4.79 Å². The molecule has 0 fully saturated rings. The number of hydrogen-bond acceptors (Lipinski definition) is 3. The fourth-order valence-electron chi connectivity index (χ4n) is 1.03. The first kappa shape index (κ1) is 11.1. The maximum Gasteiger partial charge on any atom is 0.269 e. The SMILES string of the molecule is CN(C(=O)CF)c1ccc([N+](=O)[O-])cc1. The van der Waals surface area contributed by atoms with Gasteiger partial charge in [-0.3, -0.25) is 14.9 Å². The van der Waals surface area contributed by atoms with Gasteiger partial charge in [0.1, 0.15) is 0 Å². The minimum Gasteiger partial charge on any atom is -0.313 e. The van der Waals surface area contributed by atoms with E-state index < -0.39 is 17.5 Å². The zero-order valence-electron chi connectivity index (χ0n) is 8.01. The zero-order valence-corrected chi connectivity index (χ0v) is 8.01. The molecule has 0 unspecified atom stereocenters. The van der Waals surface area contributed by atoms with E-state index in [0.717, 1.165) is 4.90 Å². The topological polar surface area (TPSA) is 63.5 Å². The predicted molar refractivity (Wildman–Crippen MR) is 52.5 cm³/mol. The summed E-state index contributed by atoms with van der Waals surface area (Å²) in [6.45, 7) is -1.09. The summed E-state index contributed by atoms with van der Waals surface area (Å²) < 4.78 is 12.0. The van der Waals surface area contributed by atoms with Crippen molar-refractivity contribution in [2.45, 2.75) is 0 Å². The molecule has 0 saturated heterocycles. The molecule has 1 aromatic rings. The number of carbonyl (C=O) groups is 1. The number of amides is 1. The van der Waals surface area contributed by atoms with E-state index in [9.17, 15) is 19.3 Å². The van der Waals surface area contributed by atoms with Gasteiger partial charge in [-0.05, 0) is 12.1 Å². The van der Waals surface area contributed by atoms with E-state index in [1.807, 2.05) is 0 Å². The Hall–Kier alpha value is -1.98. The van der Waals surface area contributed by atoms with Gasteiger partial charge >= 0.3 is 0 Å². The average Bonchev–Trinajstić information content (AvgIpc) is 2.27. The van der Waals surface area contributed by atoms with Crippen molar-refractivity contribution in [2.24, 2.45) is 0 Å². The Bertz CT molecular complexity index is 377. The quantitative estimate of drug-likeness (QED) is 0.563. The van der Waals surface area contributed by atoms with Crippen LogP contribution in [0, 0.1) is 10.1 Å². The van der Waals surface area contributed by atoms with Crippen molar-refractivity contribution >= 4 is 17.3 Å². The van der Waals surface area contributed by atoms with Gasteiger partial charge in [0, 0.05) is 24.9 Å². The first-order chi connectivity index (χ1) is 7.06. The lowest BCUT2D eigenvalue weighted by atomic mass is 10.2. The summed E-state index contributed by atoms with van der Waals surface area (Å²) in [5.74, 6) is -0.691. The molecule has 0 N–H and O–H groups in total. The molecule has 6 heteroatoms. The number of rotatable bonds is 3. The molecular formula is C9H9FN2O3. The highest BCUT2D eigenvalue weighted by molar-refractivity contribution is 5.93. The smallest absolute Gasteiger partial charge is 0.269 e. The maximum atomic E-state index is 12.0. The van der Waals surface area contributed by atoms with Crippen LogP contribution in [-0.4, -0.2) is 24.6 Å². The van der Waals surface area contributed by atoms with E-state index in [0.29, 0.717) is 5.69 Å². The van der Waals surface area contributed by atoms with Gasteiger partial charge in [0.05, 0.1) is 4.92 Å². The molecule has 1 amide bonds. The molecule has 0 saturated carbocycles. The van der Waals surface area contributed by atoms with Crippen molar-refractivity contribution in [3.8, 4) is 0 Å². The second-order valence-electron chi connectivity index (χ2n) is 2.86. The summed E-state index contributed by atoms with van der Waals surface area (Å²) in [6, 6.07) is 5.31. The van der Waals surface area contributed by atoms with Crippen LogP contribution >= 0.6 is 0 Å². The lowest BCUT2D eigenvalue weighted by Crippen LogP contribution is -2.27. The minimum absolute atomic E-state index is 0.0696. The summed E-state index contributed by atoms with van der Waals surface area (Å²) in [5.41, 5.74) is 0.350. The number of halogens is 1. The molecule has 0 spiro atoms. The molecule has 0 radical (unpaired) electrons. The number of nitro benzene ring substituents is 1. The first-order valence-corrected chi connectivity index (χ1v) is 4.13. The summed E-state index contributed by atoms with van der Waals surface area (Å²) >= 11 is 0. The lowest BCUT2D eigenvalue weighted by Gasteiger charge is -2.14. The molecule has 0 aliphatic heterocycles. The molecule has 1 rings (SSSR count). The predicted octanol–water partition coefficient (Wildman–Crippen LogP) is 1.53. The Morgan fingerprint density at radius 3 is 2.40 bits per heavy atom. The number of alkyl halides is 1. The van der Waals surface area contributed by atoms with E-state index in [-0.39, 0.29) is 5.69 Å². The molecular weight excluding hydrogens is 203 g/mol. The number of non-ortho nitro benzene ring substituents is 1. The summed E-state index contributed by atoms with van der Waals surface area (Å²) in [6.07, 6.45) is 0. The van der Waals surface area contributed by atoms with Gasteiger partial charge in [-0.1, -0.05) is 0 Å². The fraction of sp³-hybridized carbons (Fsp3) is 0.222. The second-order valence-corrected chi connectivity index (χ2v) is 2.86. The highest BCUT2D eigenvalue weighted by Crippen LogP contribution is 2.18. The van der Waals surface area contributed by atoms with Crippen LogP contribution in [0.2, 0.25) is 0 Å². The second kappa shape index (κ2) is 4.50. The third-order valence-electron chi connectivity index (χ3n) is 1.94. The van der Waals surface area contributed by atoms with Crippen molar-refractivity contribution in [3.63, 3.8) is 0 Å². The zero-order chi connectivity index (χ0) is 11.4. The number of nitro groups is 1. The minimum atomic E-state index is -1.09. The molecule has 0 aromatic heterocycles. The molecule has 0 aliphatic carbocycles. The first-order valence-electron chi connectivity index (χ1n) is 4.13. The van der Waals surface area contributed by atoms with Crippen LogP contribution in [0.3, 0.4) is 0 Å². The van der Waals surface area contributed by atoms with Gasteiger partial charge in [0.25, 0.3) is 11.6 Å². The Labute approximate surface area is 85.3 Å².